The number of nitrogens with zero attached hydrogens (tertiary/aromatic N) is 2. The van der Waals surface area contributed by atoms with E-state index in [9.17, 15) is 0 Å². The highest BCUT2D eigenvalue weighted by molar-refractivity contribution is 6.28. The van der Waals surface area contributed by atoms with Gasteiger partial charge < -0.3 is 0 Å². The van der Waals surface area contributed by atoms with E-state index in [-0.39, 0.29) is 0 Å². The lowest BCUT2D eigenvalue weighted by Crippen LogP contribution is -1.87. The molecule has 0 aromatic carbocycles. The molecule has 0 aliphatic heterocycles. The van der Waals surface area contributed by atoms with E-state index in [0.717, 1.165) is 0 Å². The second kappa shape index (κ2) is 2.20. The van der Waals surface area contributed by atoms with Crippen LogP contribution in [-0.4, -0.2) is 9.97 Å². The molecule has 0 radical (unpaired) electrons. The summed E-state index contributed by atoms with van der Waals surface area (Å²) in [6.45, 7) is 0. The van der Waals surface area contributed by atoms with E-state index in [2.05, 4.69) is 9.97 Å². The summed E-state index contributed by atoms with van der Waals surface area (Å²) in [5, 5.41) is -0.397. The molecule has 1 aromatic rings. The highest BCUT2D eigenvalue weighted by atomic mass is 35.5. The predicted molar refractivity (Wildman–Crippen MR) is 39.0 cm³/mol. The van der Waals surface area contributed by atoms with E-state index in [1.165, 1.54) is 0 Å². The quantitative estimate of drug-likeness (QED) is 0.589. The molecule has 1 heterocycles. The Morgan fingerprint density at radius 2 is 2.70 bits per heavy atom. The zero-order valence-electron chi connectivity index (χ0n) is 11.8. The molecule has 0 bridgehead atoms. The van der Waals surface area contributed by atoms with Crippen LogP contribution in [0.3, 0.4) is 0 Å². The minimum absolute atomic E-state index is 0.397. The van der Waals surface area contributed by atoms with Gasteiger partial charge in [-0.25, -0.2) is 9.97 Å². The van der Waals surface area contributed by atoms with Gasteiger partial charge in [0.2, 0.25) is 5.28 Å². The Morgan fingerprint density at radius 3 is 3.40 bits per heavy atom. The molecule has 0 amide bonds. The van der Waals surface area contributed by atoms with Crippen LogP contribution in [0.4, 0.5) is 0 Å². The topological polar surface area (TPSA) is 25.8 Å². The summed E-state index contributed by atoms with van der Waals surface area (Å²) in [6, 6.07) is -0.574. The maximum Gasteiger partial charge on any atom is 0.222 e. The highest BCUT2D eigenvalue weighted by Crippen LogP contribution is 2.38. The summed E-state index contributed by atoms with van der Waals surface area (Å²) >= 11 is 5.49. The molecule has 2 nitrogen and oxygen atoms in total. The van der Waals surface area contributed by atoms with E-state index in [4.69, 9.17) is 21.2 Å². The van der Waals surface area contributed by atoms with E-state index in [1.807, 2.05) is 0 Å². The summed E-state index contributed by atoms with van der Waals surface area (Å²) < 4.78 is 52.4. The molecule has 1 fully saturated rings. The lowest BCUT2D eigenvalue weighted by atomic mass is 10.3. The van der Waals surface area contributed by atoms with Crippen molar-refractivity contribution in [1.29, 1.82) is 0 Å². The second-order valence-corrected chi connectivity index (χ2v) is 2.04. The number of aromatic nitrogens is 2. The van der Waals surface area contributed by atoms with Crippen molar-refractivity contribution in [3.8, 4) is 0 Å². The van der Waals surface area contributed by atoms with Crippen LogP contribution >= 0.6 is 11.6 Å². The van der Waals surface area contributed by atoms with Gasteiger partial charge in [-0.2, -0.15) is 0 Å². The van der Waals surface area contributed by atoms with Crippen molar-refractivity contribution >= 4 is 11.6 Å². The number of rotatable bonds is 1. The third-order valence-electron chi connectivity index (χ3n) is 1.01. The molecular weight excluding hydrogens is 148 g/mol. The summed E-state index contributed by atoms with van der Waals surface area (Å²) in [5.74, 6) is -2.32. The van der Waals surface area contributed by atoms with Gasteiger partial charge in [-0.05, 0) is 30.4 Å². The van der Waals surface area contributed by atoms with Crippen LogP contribution in [0.1, 0.15) is 33.9 Å². The molecule has 1 saturated carbocycles. The van der Waals surface area contributed by atoms with E-state index >= 15 is 0 Å². The van der Waals surface area contributed by atoms with E-state index in [1.54, 1.807) is 0 Å². The van der Waals surface area contributed by atoms with E-state index < -0.39 is 41.8 Å². The minimum atomic E-state index is -2.47. The lowest BCUT2D eigenvalue weighted by molar-refractivity contribution is 0.988. The lowest BCUT2D eigenvalue weighted by Gasteiger charge is -1.93. The van der Waals surface area contributed by atoms with Gasteiger partial charge in [-0.3, -0.25) is 0 Å². The van der Waals surface area contributed by atoms with Gasteiger partial charge >= 0.3 is 0 Å². The normalized spacial score (nSPS) is 40.7. The van der Waals surface area contributed by atoms with Crippen LogP contribution in [0.25, 0.3) is 0 Å². The monoisotopic (exact) mass is 161 g/mol. The number of hydrogen-bond donors (Lipinski definition) is 0. The summed E-state index contributed by atoms with van der Waals surface area (Å²) in [4.78, 5) is 6.91. The molecule has 0 atom stereocenters. The maximum absolute atomic E-state index is 7.82. The molecule has 0 N–H and O–H groups in total. The first kappa shape index (κ1) is 2.18. The van der Waals surface area contributed by atoms with Gasteiger partial charge in [-0.1, -0.05) is 0 Å². The highest BCUT2D eigenvalue weighted by Gasteiger charge is 2.24. The molecule has 1 aromatic heterocycles. The third kappa shape index (κ3) is 1.12. The van der Waals surface area contributed by atoms with Crippen LogP contribution in [0, 0.1) is 0 Å². The fraction of sp³-hybridized carbons (Fsp3) is 0.429. The summed E-state index contributed by atoms with van der Waals surface area (Å²) in [7, 11) is 0. The van der Waals surface area contributed by atoms with Crippen molar-refractivity contribution < 1.29 is 9.60 Å². The average Bonchev–Trinajstić information content (AvgIpc) is 2.51. The molecule has 0 spiro atoms. The molecule has 0 unspecified atom stereocenters. The Bertz CT molecular complexity index is 489. The van der Waals surface area contributed by atoms with Gasteiger partial charge in [-0.15, -0.1) is 0 Å². The Balaban J connectivity index is 2.66. The molecule has 0 saturated heterocycles. The zero-order chi connectivity index (χ0) is 13.2. The Labute approximate surface area is 74.1 Å². The molecule has 3 heteroatoms. The maximum atomic E-state index is 7.82. The molecule has 52 valence electrons. The van der Waals surface area contributed by atoms with Gasteiger partial charge in [0.15, 0.2) is 0 Å². The zero-order valence-corrected chi connectivity index (χ0v) is 5.53. The molecular formula is C7H7ClN2. The Morgan fingerprint density at radius 1 is 1.90 bits per heavy atom. The Kier molecular flexibility index (Phi) is 0.479. The van der Waals surface area contributed by atoms with Gasteiger partial charge in [0.25, 0.3) is 0 Å². The van der Waals surface area contributed by atoms with Crippen LogP contribution in [-0.2, 0) is 0 Å². The molecule has 1 aliphatic carbocycles. The van der Waals surface area contributed by atoms with Crippen molar-refractivity contribution in [2.24, 2.45) is 0 Å². The van der Waals surface area contributed by atoms with Crippen molar-refractivity contribution in [3.05, 3.63) is 23.2 Å². The van der Waals surface area contributed by atoms with Crippen LogP contribution in [0.15, 0.2) is 12.2 Å². The average molecular weight is 162 g/mol. The second-order valence-electron chi connectivity index (χ2n) is 1.70. The predicted octanol–water partition coefficient (Wildman–Crippen LogP) is 2.01. The fourth-order valence-corrected chi connectivity index (χ4v) is 0.667. The van der Waals surface area contributed by atoms with Gasteiger partial charge in [0.1, 0.15) is 0 Å². The Hall–Kier alpha value is -0.630. The van der Waals surface area contributed by atoms with Gasteiger partial charge in [0, 0.05) is 24.6 Å². The molecule has 10 heavy (non-hydrogen) atoms. The molecule has 2 rings (SSSR count). The summed E-state index contributed by atoms with van der Waals surface area (Å²) in [5.41, 5.74) is -0.488. The first-order valence-electron chi connectivity index (χ1n) is 6.08. The first-order valence-corrected chi connectivity index (χ1v) is 2.96. The van der Waals surface area contributed by atoms with Crippen molar-refractivity contribution in [3.63, 3.8) is 0 Å². The van der Waals surface area contributed by atoms with Crippen molar-refractivity contribution in [1.82, 2.24) is 9.97 Å². The van der Waals surface area contributed by atoms with Crippen LogP contribution in [0.5, 0.6) is 0 Å². The van der Waals surface area contributed by atoms with Crippen LogP contribution in [0.2, 0.25) is 5.28 Å². The largest absolute Gasteiger partial charge is 0.227 e. The molecule has 1 aliphatic rings. The van der Waals surface area contributed by atoms with E-state index in [0.29, 0.717) is 0 Å². The smallest absolute Gasteiger partial charge is 0.222 e. The minimum Gasteiger partial charge on any atom is -0.227 e. The SMILES string of the molecule is [2H]c1nc(Cl)nc(C2([2H])C([2H])([2H])C2([2H])[2H])c1[2H]. The summed E-state index contributed by atoms with van der Waals surface area (Å²) in [6.07, 6.45) is -5.50. The van der Waals surface area contributed by atoms with Crippen molar-refractivity contribution in [2.45, 2.75) is 18.6 Å². The van der Waals surface area contributed by atoms with Gasteiger partial charge in [0.05, 0.1) is 2.74 Å². The van der Waals surface area contributed by atoms with Crippen LogP contribution < -0.4 is 0 Å². The fourth-order valence-electron chi connectivity index (χ4n) is 0.540. The number of hydrogen-bond acceptors (Lipinski definition) is 2. The van der Waals surface area contributed by atoms with Crippen molar-refractivity contribution in [2.75, 3.05) is 0 Å². The first-order chi connectivity index (χ1) is 7.57. The standard InChI is InChI=1S/C7H7ClN2/c8-7-9-4-3-6(10-7)5-1-2-5/h3-5H,1-2H2/i1D2,2D2,3D,4D,5D. The third-order valence-corrected chi connectivity index (χ3v) is 1.18. The number of halogens is 1.